The van der Waals surface area contributed by atoms with E-state index < -0.39 is 23.8 Å². The second-order valence-electron chi connectivity index (χ2n) is 4.75. The number of esters is 1. The number of nitrogens with one attached hydrogen (secondary N) is 1. The van der Waals surface area contributed by atoms with Gasteiger partial charge in [0.25, 0.3) is 5.91 Å². The fourth-order valence-corrected chi connectivity index (χ4v) is 2.14. The molecule has 0 heterocycles. The van der Waals surface area contributed by atoms with Gasteiger partial charge in [0.2, 0.25) is 0 Å². The Hall–Kier alpha value is -2.41. The SMILES string of the molecule is CC(OC(=O)c1cc(Br)ccc1N)C(=O)Nc1ccccc1F. The summed E-state index contributed by atoms with van der Waals surface area (Å²) in [6.07, 6.45) is -1.11. The van der Waals surface area contributed by atoms with Gasteiger partial charge in [0.05, 0.1) is 11.3 Å². The highest BCUT2D eigenvalue weighted by molar-refractivity contribution is 9.10. The van der Waals surface area contributed by atoms with Crippen molar-refractivity contribution in [3.63, 3.8) is 0 Å². The zero-order valence-electron chi connectivity index (χ0n) is 12.2. The van der Waals surface area contributed by atoms with Crippen molar-refractivity contribution in [1.82, 2.24) is 0 Å². The molecule has 0 aliphatic rings. The van der Waals surface area contributed by atoms with Gasteiger partial charge in [-0.25, -0.2) is 9.18 Å². The molecule has 0 aliphatic heterocycles. The molecule has 5 nitrogen and oxygen atoms in total. The lowest BCUT2D eigenvalue weighted by molar-refractivity contribution is -0.123. The van der Waals surface area contributed by atoms with E-state index >= 15 is 0 Å². The maximum absolute atomic E-state index is 13.5. The van der Waals surface area contributed by atoms with Gasteiger partial charge < -0.3 is 15.8 Å². The minimum atomic E-state index is -1.11. The number of benzene rings is 2. The minimum absolute atomic E-state index is 0.0161. The molecule has 2 aromatic carbocycles. The van der Waals surface area contributed by atoms with Crippen LogP contribution in [-0.2, 0) is 9.53 Å². The Balaban J connectivity index is 2.05. The molecule has 7 heteroatoms. The Morgan fingerprint density at radius 1 is 1.26 bits per heavy atom. The number of carbonyl (C=O) groups is 2. The van der Waals surface area contributed by atoms with Crippen LogP contribution in [0, 0.1) is 5.82 Å². The maximum Gasteiger partial charge on any atom is 0.341 e. The van der Waals surface area contributed by atoms with E-state index in [-0.39, 0.29) is 16.9 Å². The molecule has 0 fully saturated rings. The van der Waals surface area contributed by atoms with Gasteiger partial charge in [-0.1, -0.05) is 28.1 Å². The summed E-state index contributed by atoms with van der Waals surface area (Å²) < 4.78 is 19.2. The van der Waals surface area contributed by atoms with Crippen molar-refractivity contribution in [2.24, 2.45) is 0 Å². The van der Waals surface area contributed by atoms with Crippen LogP contribution in [0.3, 0.4) is 0 Å². The number of nitrogen functional groups attached to an aromatic ring is 1. The first-order valence-electron chi connectivity index (χ1n) is 6.70. The van der Waals surface area contributed by atoms with E-state index in [1.165, 1.54) is 31.2 Å². The Morgan fingerprint density at radius 2 is 1.96 bits per heavy atom. The molecule has 0 aromatic heterocycles. The van der Waals surface area contributed by atoms with Crippen LogP contribution in [0.1, 0.15) is 17.3 Å². The summed E-state index contributed by atoms with van der Waals surface area (Å²) in [7, 11) is 0. The molecule has 0 spiro atoms. The Bertz CT molecular complexity index is 752. The average molecular weight is 381 g/mol. The third-order valence-electron chi connectivity index (χ3n) is 3.02. The normalized spacial score (nSPS) is 11.6. The molecule has 0 aliphatic carbocycles. The maximum atomic E-state index is 13.5. The summed E-state index contributed by atoms with van der Waals surface area (Å²) in [5, 5.41) is 2.36. The number of amides is 1. The summed E-state index contributed by atoms with van der Waals surface area (Å²) in [6, 6.07) is 10.4. The van der Waals surface area contributed by atoms with Crippen LogP contribution < -0.4 is 11.1 Å². The Labute approximate surface area is 140 Å². The van der Waals surface area contributed by atoms with Crippen LogP contribution in [0.2, 0.25) is 0 Å². The Morgan fingerprint density at radius 3 is 2.65 bits per heavy atom. The van der Waals surface area contributed by atoms with Crippen LogP contribution in [0.5, 0.6) is 0 Å². The molecule has 1 amide bonds. The molecule has 23 heavy (non-hydrogen) atoms. The highest BCUT2D eigenvalue weighted by atomic mass is 79.9. The molecular weight excluding hydrogens is 367 g/mol. The van der Waals surface area contributed by atoms with E-state index in [1.807, 2.05) is 0 Å². The number of hydrogen-bond donors (Lipinski definition) is 2. The van der Waals surface area contributed by atoms with E-state index in [4.69, 9.17) is 10.5 Å². The van der Waals surface area contributed by atoms with Crippen LogP contribution in [-0.4, -0.2) is 18.0 Å². The van der Waals surface area contributed by atoms with Gasteiger partial charge in [-0.15, -0.1) is 0 Å². The molecule has 1 unspecified atom stereocenters. The fraction of sp³-hybridized carbons (Fsp3) is 0.125. The van der Waals surface area contributed by atoms with Crippen molar-refractivity contribution >= 4 is 39.2 Å². The molecule has 0 radical (unpaired) electrons. The standard InChI is InChI=1S/C16H14BrFN2O3/c1-9(15(21)20-14-5-3-2-4-12(14)18)23-16(22)11-8-10(17)6-7-13(11)19/h2-9H,19H2,1H3,(H,20,21). The van der Waals surface area contributed by atoms with Crippen molar-refractivity contribution in [3.8, 4) is 0 Å². The third-order valence-corrected chi connectivity index (χ3v) is 3.51. The fourth-order valence-electron chi connectivity index (χ4n) is 1.78. The van der Waals surface area contributed by atoms with Crippen molar-refractivity contribution < 1.29 is 18.7 Å². The highest BCUT2D eigenvalue weighted by Crippen LogP contribution is 2.20. The van der Waals surface area contributed by atoms with Gasteiger partial charge in [-0.2, -0.15) is 0 Å². The highest BCUT2D eigenvalue weighted by Gasteiger charge is 2.21. The van der Waals surface area contributed by atoms with Gasteiger partial charge in [-0.3, -0.25) is 4.79 Å². The van der Waals surface area contributed by atoms with E-state index in [0.717, 1.165) is 0 Å². The molecule has 2 aromatic rings. The molecule has 0 bridgehead atoms. The average Bonchev–Trinajstić information content (AvgIpc) is 2.51. The van der Waals surface area contributed by atoms with Gasteiger partial charge in [-0.05, 0) is 37.3 Å². The van der Waals surface area contributed by atoms with Crippen molar-refractivity contribution in [2.45, 2.75) is 13.0 Å². The van der Waals surface area contributed by atoms with E-state index in [0.29, 0.717) is 4.47 Å². The molecule has 0 saturated heterocycles. The molecule has 0 saturated carbocycles. The van der Waals surface area contributed by atoms with Gasteiger partial charge in [0, 0.05) is 10.2 Å². The van der Waals surface area contributed by atoms with Gasteiger partial charge in [0.15, 0.2) is 6.10 Å². The Kier molecular flexibility index (Phi) is 5.33. The van der Waals surface area contributed by atoms with Crippen LogP contribution in [0.25, 0.3) is 0 Å². The zero-order chi connectivity index (χ0) is 17.0. The van der Waals surface area contributed by atoms with Crippen LogP contribution in [0.15, 0.2) is 46.9 Å². The number of para-hydroxylation sites is 1. The second kappa shape index (κ2) is 7.23. The predicted octanol–water partition coefficient (Wildman–Crippen LogP) is 3.35. The number of ether oxygens (including phenoxy) is 1. The van der Waals surface area contributed by atoms with E-state index in [9.17, 15) is 14.0 Å². The predicted molar refractivity (Wildman–Crippen MR) is 88.5 cm³/mol. The first-order chi connectivity index (χ1) is 10.9. The number of rotatable bonds is 4. The quantitative estimate of drug-likeness (QED) is 0.629. The lowest BCUT2D eigenvalue weighted by Crippen LogP contribution is -2.30. The summed E-state index contributed by atoms with van der Waals surface area (Å²) in [5.74, 6) is -1.95. The van der Waals surface area contributed by atoms with Gasteiger partial charge >= 0.3 is 5.97 Å². The lowest BCUT2D eigenvalue weighted by Gasteiger charge is -2.14. The number of anilines is 2. The molecule has 120 valence electrons. The number of nitrogens with two attached hydrogens (primary N) is 1. The molecule has 1 atom stereocenters. The molecule has 2 rings (SSSR count). The number of carbonyl (C=O) groups excluding carboxylic acids is 2. The third kappa shape index (κ3) is 4.29. The first-order valence-corrected chi connectivity index (χ1v) is 7.49. The summed E-state index contributed by atoms with van der Waals surface area (Å²) in [6.45, 7) is 1.39. The smallest absolute Gasteiger partial charge is 0.341 e. The van der Waals surface area contributed by atoms with Crippen LogP contribution in [0.4, 0.5) is 15.8 Å². The second-order valence-corrected chi connectivity index (χ2v) is 5.66. The van der Waals surface area contributed by atoms with Crippen LogP contribution >= 0.6 is 15.9 Å². The monoisotopic (exact) mass is 380 g/mol. The summed E-state index contributed by atoms with van der Waals surface area (Å²) in [4.78, 5) is 24.1. The van der Waals surface area contributed by atoms with Crippen molar-refractivity contribution in [3.05, 3.63) is 58.3 Å². The summed E-state index contributed by atoms with van der Waals surface area (Å²) in [5.41, 5.74) is 6.11. The minimum Gasteiger partial charge on any atom is -0.449 e. The first kappa shape index (κ1) is 17.0. The molecular formula is C16H14BrFN2O3. The van der Waals surface area contributed by atoms with E-state index in [1.54, 1.807) is 18.2 Å². The number of halogens is 2. The molecule has 3 N–H and O–H groups in total. The number of hydrogen-bond acceptors (Lipinski definition) is 4. The zero-order valence-corrected chi connectivity index (χ0v) is 13.8. The van der Waals surface area contributed by atoms with E-state index in [2.05, 4.69) is 21.2 Å². The summed E-state index contributed by atoms with van der Waals surface area (Å²) >= 11 is 3.23. The van der Waals surface area contributed by atoms with Gasteiger partial charge in [0.1, 0.15) is 5.82 Å². The van der Waals surface area contributed by atoms with Crippen molar-refractivity contribution in [2.75, 3.05) is 11.1 Å². The lowest BCUT2D eigenvalue weighted by atomic mass is 10.2. The van der Waals surface area contributed by atoms with Crippen molar-refractivity contribution in [1.29, 1.82) is 0 Å². The topological polar surface area (TPSA) is 81.4 Å². The largest absolute Gasteiger partial charge is 0.449 e.